The zero-order valence-corrected chi connectivity index (χ0v) is 9.79. The lowest BCUT2D eigenvalue weighted by molar-refractivity contribution is -0.120. The van der Waals surface area contributed by atoms with Gasteiger partial charge in [-0.05, 0) is 11.6 Å². The molecule has 0 aliphatic carbocycles. The van der Waals surface area contributed by atoms with Crippen LogP contribution in [0.5, 0.6) is 0 Å². The van der Waals surface area contributed by atoms with Gasteiger partial charge in [0.05, 0.1) is 6.61 Å². The molecule has 1 aromatic carbocycles. The van der Waals surface area contributed by atoms with E-state index >= 15 is 0 Å². The Labute approximate surface area is 96.9 Å². The van der Waals surface area contributed by atoms with Crippen molar-refractivity contribution in [1.82, 2.24) is 5.32 Å². The van der Waals surface area contributed by atoms with Crippen molar-refractivity contribution in [2.24, 2.45) is 0 Å². The van der Waals surface area contributed by atoms with Crippen LogP contribution in [0.2, 0.25) is 0 Å². The van der Waals surface area contributed by atoms with E-state index in [-0.39, 0.29) is 12.0 Å². The molecule has 1 heterocycles. The van der Waals surface area contributed by atoms with Gasteiger partial charge in [-0.25, -0.2) is 0 Å². The Kier molecular flexibility index (Phi) is 3.38. The first-order valence-electron chi connectivity index (χ1n) is 4.90. The van der Waals surface area contributed by atoms with Gasteiger partial charge in [0.25, 0.3) is 0 Å². The minimum Gasteiger partial charge on any atom is -0.371 e. The van der Waals surface area contributed by atoms with Crippen LogP contribution in [0.4, 0.5) is 0 Å². The van der Waals surface area contributed by atoms with Gasteiger partial charge in [-0.1, -0.05) is 34.1 Å². The molecule has 0 spiro atoms. The molecule has 3 nitrogen and oxygen atoms in total. The van der Waals surface area contributed by atoms with Crippen molar-refractivity contribution in [3.63, 3.8) is 0 Å². The van der Waals surface area contributed by atoms with E-state index in [1.54, 1.807) is 0 Å². The fraction of sp³-hybridized carbons (Fsp3) is 0.364. The molecule has 1 N–H and O–H groups in total. The normalized spacial score (nSPS) is 21.9. The molecule has 0 bridgehead atoms. The number of halogens is 1. The van der Waals surface area contributed by atoms with E-state index < -0.39 is 0 Å². The highest BCUT2D eigenvalue weighted by Gasteiger charge is 2.19. The third-order valence-electron chi connectivity index (χ3n) is 2.38. The maximum Gasteiger partial charge on any atom is 0.222 e. The largest absolute Gasteiger partial charge is 0.371 e. The number of carbonyl (C=O) groups is 1. The SMILES string of the molecule is O=C1CCOC(c2ccccc2Br)CN1. The minimum absolute atomic E-state index is 0.0491. The van der Waals surface area contributed by atoms with Crippen LogP contribution in [0.3, 0.4) is 0 Å². The van der Waals surface area contributed by atoms with E-state index in [4.69, 9.17) is 4.74 Å². The highest BCUT2D eigenvalue weighted by Crippen LogP contribution is 2.26. The minimum atomic E-state index is -0.0491. The summed E-state index contributed by atoms with van der Waals surface area (Å²) in [7, 11) is 0. The van der Waals surface area contributed by atoms with Gasteiger partial charge in [-0.15, -0.1) is 0 Å². The molecule has 0 aromatic heterocycles. The Balaban J connectivity index is 2.16. The van der Waals surface area contributed by atoms with Crippen LogP contribution in [-0.2, 0) is 9.53 Å². The van der Waals surface area contributed by atoms with Crippen LogP contribution in [0.1, 0.15) is 18.1 Å². The van der Waals surface area contributed by atoms with Crippen LogP contribution in [0, 0.1) is 0 Å². The van der Waals surface area contributed by atoms with Crippen LogP contribution in [-0.4, -0.2) is 19.1 Å². The van der Waals surface area contributed by atoms with Gasteiger partial charge in [0.1, 0.15) is 6.10 Å². The van der Waals surface area contributed by atoms with Gasteiger partial charge in [0, 0.05) is 17.4 Å². The average Bonchev–Trinajstić information content (AvgIpc) is 2.44. The number of benzene rings is 1. The number of carbonyl (C=O) groups excluding carboxylic acids is 1. The van der Waals surface area contributed by atoms with Crippen molar-refractivity contribution >= 4 is 21.8 Å². The molecule has 1 saturated heterocycles. The first-order valence-corrected chi connectivity index (χ1v) is 5.69. The number of hydrogen-bond donors (Lipinski definition) is 1. The molecule has 0 saturated carbocycles. The predicted molar refractivity (Wildman–Crippen MR) is 60.5 cm³/mol. The standard InChI is InChI=1S/C11H12BrNO2/c12-9-4-2-1-3-8(9)10-7-13-11(14)5-6-15-10/h1-4,10H,5-7H2,(H,13,14). The molecule has 1 aliphatic rings. The fourth-order valence-corrected chi connectivity index (χ4v) is 2.12. The summed E-state index contributed by atoms with van der Waals surface area (Å²) in [6.45, 7) is 1.03. The van der Waals surface area contributed by atoms with Crippen molar-refractivity contribution in [1.29, 1.82) is 0 Å². The Hall–Kier alpha value is -0.870. The second kappa shape index (κ2) is 4.77. The van der Waals surface area contributed by atoms with Gasteiger partial charge in [-0.3, -0.25) is 4.79 Å². The Bertz CT molecular complexity index is 367. The van der Waals surface area contributed by atoms with Crippen molar-refractivity contribution in [2.45, 2.75) is 12.5 Å². The average molecular weight is 270 g/mol. The smallest absolute Gasteiger partial charge is 0.222 e. The monoisotopic (exact) mass is 269 g/mol. The van der Waals surface area contributed by atoms with Gasteiger partial charge in [0.15, 0.2) is 0 Å². The molecule has 80 valence electrons. The maximum atomic E-state index is 11.1. The van der Waals surface area contributed by atoms with Gasteiger partial charge in [0.2, 0.25) is 5.91 Å². The lowest BCUT2D eigenvalue weighted by Gasteiger charge is -2.16. The summed E-state index contributed by atoms with van der Waals surface area (Å²) >= 11 is 3.48. The third-order valence-corrected chi connectivity index (χ3v) is 3.11. The molecule has 1 atom stereocenters. The predicted octanol–water partition coefficient (Wildman–Crippen LogP) is 2.03. The summed E-state index contributed by atoms with van der Waals surface area (Å²) in [6.07, 6.45) is 0.396. The van der Waals surface area contributed by atoms with E-state index in [0.29, 0.717) is 19.6 Å². The molecule has 1 aliphatic heterocycles. The van der Waals surface area contributed by atoms with E-state index in [1.807, 2.05) is 24.3 Å². The maximum absolute atomic E-state index is 11.1. The quantitative estimate of drug-likeness (QED) is 0.847. The van der Waals surface area contributed by atoms with E-state index in [2.05, 4.69) is 21.2 Å². The van der Waals surface area contributed by atoms with Gasteiger partial charge in [-0.2, -0.15) is 0 Å². The molecule has 15 heavy (non-hydrogen) atoms. The summed E-state index contributed by atoms with van der Waals surface area (Å²) in [5.74, 6) is 0.0598. The number of hydrogen-bond acceptors (Lipinski definition) is 2. The second-order valence-electron chi connectivity index (χ2n) is 3.44. The zero-order chi connectivity index (χ0) is 10.7. The number of nitrogens with one attached hydrogen (secondary N) is 1. The van der Waals surface area contributed by atoms with E-state index in [9.17, 15) is 4.79 Å². The summed E-state index contributed by atoms with van der Waals surface area (Å²) in [4.78, 5) is 11.1. The number of ether oxygens (including phenoxy) is 1. The highest BCUT2D eigenvalue weighted by molar-refractivity contribution is 9.10. The molecule has 1 unspecified atom stereocenters. The van der Waals surface area contributed by atoms with Crippen LogP contribution in [0.25, 0.3) is 0 Å². The molecular formula is C11H12BrNO2. The summed E-state index contributed by atoms with van der Waals surface area (Å²) in [5.41, 5.74) is 1.08. The van der Waals surface area contributed by atoms with Crippen molar-refractivity contribution < 1.29 is 9.53 Å². The molecule has 0 radical (unpaired) electrons. The fourth-order valence-electron chi connectivity index (χ4n) is 1.58. The lowest BCUT2D eigenvalue weighted by Crippen LogP contribution is -2.25. The summed E-state index contributed by atoms with van der Waals surface area (Å²) < 4.78 is 6.65. The first kappa shape index (κ1) is 10.6. The lowest BCUT2D eigenvalue weighted by atomic mass is 10.1. The molecule has 1 fully saturated rings. The van der Waals surface area contributed by atoms with Gasteiger partial charge < -0.3 is 10.1 Å². The molecule has 1 aromatic rings. The van der Waals surface area contributed by atoms with E-state index in [0.717, 1.165) is 10.0 Å². The topological polar surface area (TPSA) is 38.3 Å². The molecule has 2 rings (SSSR count). The van der Waals surface area contributed by atoms with Crippen molar-refractivity contribution in [3.8, 4) is 0 Å². The zero-order valence-electron chi connectivity index (χ0n) is 8.20. The molecular weight excluding hydrogens is 258 g/mol. The van der Waals surface area contributed by atoms with Crippen molar-refractivity contribution in [2.75, 3.05) is 13.2 Å². The van der Waals surface area contributed by atoms with Crippen molar-refractivity contribution in [3.05, 3.63) is 34.3 Å². The number of amides is 1. The summed E-state index contributed by atoms with van der Waals surface area (Å²) in [5, 5.41) is 2.84. The highest BCUT2D eigenvalue weighted by atomic mass is 79.9. The van der Waals surface area contributed by atoms with Gasteiger partial charge >= 0.3 is 0 Å². The third kappa shape index (κ3) is 2.58. The summed E-state index contributed by atoms with van der Waals surface area (Å²) in [6, 6.07) is 7.91. The Morgan fingerprint density at radius 1 is 1.40 bits per heavy atom. The Morgan fingerprint density at radius 3 is 3.00 bits per heavy atom. The second-order valence-corrected chi connectivity index (χ2v) is 4.29. The van der Waals surface area contributed by atoms with Crippen LogP contribution < -0.4 is 5.32 Å². The van der Waals surface area contributed by atoms with E-state index in [1.165, 1.54) is 0 Å². The van der Waals surface area contributed by atoms with Crippen LogP contribution >= 0.6 is 15.9 Å². The Morgan fingerprint density at radius 2 is 2.20 bits per heavy atom. The molecule has 1 amide bonds. The van der Waals surface area contributed by atoms with Crippen LogP contribution in [0.15, 0.2) is 28.7 Å². The molecule has 4 heteroatoms. The first-order chi connectivity index (χ1) is 7.27. The number of rotatable bonds is 1.